The molecule has 0 aliphatic heterocycles. The van der Waals surface area contributed by atoms with Gasteiger partial charge < -0.3 is 10.1 Å². The van der Waals surface area contributed by atoms with Crippen LogP contribution in [-0.4, -0.2) is 35.2 Å². The first kappa shape index (κ1) is 17.6. The summed E-state index contributed by atoms with van der Waals surface area (Å²) in [5.74, 6) is 0.501. The molecule has 0 amide bonds. The van der Waals surface area contributed by atoms with Gasteiger partial charge in [0, 0.05) is 31.2 Å². The zero-order chi connectivity index (χ0) is 15.0. The monoisotopic (exact) mass is 320 g/mol. The summed E-state index contributed by atoms with van der Waals surface area (Å²) in [6.45, 7) is 6.42. The van der Waals surface area contributed by atoms with E-state index in [2.05, 4.69) is 23.9 Å². The van der Waals surface area contributed by atoms with Crippen molar-refractivity contribution in [1.29, 1.82) is 0 Å². The first-order chi connectivity index (χ1) is 9.47. The Kier molecular flexibility index (Phi) is 7.68. The lowest BCUT2D eigenvalue weighted by Gasteiger charge is -2.09. The van der Waals surface area contributed by atoms with Crippen molar-refractivity contribution in [2.24, 2.45) is 5.92 Å². The van der Waals surface area contributed by atoms with E-state index in [1.165, 1.54) is 11.3 Å². The Morgan fingerprint density at radius 1 is 1.40 bits per heavy atom. The minimum atomic E-state index is -3.41. The van der Waals surface area contributed by atoms with Crippen LogP contribution < -0.4 is 10.0 Å². The fourth-order valence-electron chi connectivity index (χ4n) is 1.64. The van der Waals surface area contributed by atoms with Crippen molar-refractivity contribution in [1.82, 2.24) is 10.0 Å². The molecule has 0 bridgehead atoms. The van der Waals surface area contributed by atoms with E-state index in [0.717, 1.165) is 4.88 Å². The molecule has 0 saturated heterocycles. The van der Waals surface area contributed by atoms with Crippen LogP contribution in [0.2, 0.25) is 0 Å². The van der Waals surface area contributed by atoms with Crippen molar-refractivity contribution < 1.29 is 13.2 Å². The number of ether oxygens (including phenoxy) is 1. The molecule has 7 heteroatoms. The molecule has 1 aromatic rings. The van der Waals surface area contributed by atoms with Gasteiger partial charge in [0.15, 0.2) is 0 Å². The molecule has 116 valence electrons. The third-order valence-corrected chi connectivity index (χ3v) is 5.14. The lowest BCUT2D eigenvalue weighted by atomic mass is 10.2. The molecule has 0 unspecified atom stereocenters. The quantitative estimate of drug-likeness (QED) is 0.645. The van der Waals surface area contributed by atoms with Gasteiger partial charge in [-0.1, -0.05) is 13.8 Å². The zero-order valence-corrected chi connectivity index (χ0v) is 13.9. The predicted octanol–water partition coefficient (Wildman–Crippen LogP) is 1.81. The van der Waals surface area contributed by atoms with Crippen molar-refractivity contribution >= 4 is 21.4 Å². The molecule has 20 heavy (non-hydrogen) atoms. The molecule has 1 aromatic heterocycles. The average molecular weight is 320 g/mol. The fraction of sp³-hybridized carbons (Fsp3) is 0.692. The van der Waals surface area contributed by atoms with Crippen LogP contribution in [0.1, 0.15) is 25.1 Å². The Morgan fingerprint density at radius 2 is 2.15 bits per heavy atom. The molecule has 0 atom stereocenters. The molecule has 0 aromatic carbocycles. The van der Waals surface area contributed by atoms with Crippen LogP contribution in [0.25, 0.3) is 0 Å². The average Bonchev–Trinajstić information content (AvgIpc) is 2.83. The zero-order valence-electron chi connectivity index (χ0n) is 12.3. The van der Waals surface area contributed by atoms with E-state index in [1.807, 2.05) is 0 Å². The van der Waals surface area contributed by atoms with Crippen LogP contribution >= 0.6 is 11.3 Å². The van der Waals surface area contributed by atoms with E-state index in [4.69, 9.17) is 4.74 Å². The van der Waals surface area contributed by atoms with Crippen molar-refractivity contribution in [3.05, 3.63) is 16.3 Å². The molecule has 0 aliphatic rings. The van der Waals surface area contributed by atoms with Crippen LogP contribution in [0.5, 0.6) is 0 Å². The van der Waals surface area contributed by atoms with Crippen LogP contribution in [0.15, 0.2) is 16.3 Å². The van der Waals surface area contributed by atoms with Crippen LogP contribution in [0, 0.1) is 5.92 Å². The highest BCUT2D eigenvalue weighted by atomic mass is 32.2. The summed E-state index contributed by atoms with van der Waals surface area (Å²) in [7, 11) is -1.61. The number of hydrogen-bond acceptors (Lipinski definition) is 5. The number of sulfonamides is 1. The minimum absolute atomic E-state index is 0.375. The second kappa shape index (κ2) is 8.74. The summed E-state index contributed by atoms with van der Waals surface area (Å²) in [5, 5.41) is 4.77. The third kappa shape index (κ3) is 5.88. The van der Waals surface area contributed by atoms with Crippen molar-refractivity contribution in [3.8, 4) is 0 Å². The van der Waals surface area contributed by atoms with Crippen molar-refractivity contribution in [2.75, 3.05) is 26.8 Å². The molecule has 0 saturated carbocycles. The molecule has 0 radical (unpaired) electrons. The SMILES string of the molecule is CNCc1sccc1S(=O)(=O)NCCCOCC(C)C. The second-order valence-electron chi connectivity index (χ2n) is 4.96. The molecular weight excluding hydrogens is 296 g/mol. The Morgan fingerprint density at radius 3 is 2.80 bits per heavy atom. The van der Waals surface area contributed by atoms with Crippen LogP contribution in [0.3, 0.4) is 0 Å². The van der Waals surface area contributed by atoms with Gasteiger partial charge in [0.1, 0.15) is 0 Å². The fourth-order valence-corrected chi connectivity index (χ4v) is 4.16. The van der Waals surface area contributed by atoms with E-state index in [9.17, 15) is 8.42 Å². The molecule has 2 N–H and O–H groups in total. The Bertz CT molecular complexity index is 484. The summed E-state index contributed by atoms with van der Waals surface area (Å²) in [4.78, 5) is 1.20. The maximum Gasteiger partial charge on any atom is 0.241 e. The summed E-state index contributed by atoms with van der Waals surface area (Å²) in [6.07, 6.45) is 0.678. The first-order valence-corrected chi connectivity index (χ1v) is 9.12. The van der Waals surface area contributed by atoms with Gasteiger partial charge in [-0.15, -0.1) is 11.3 Å². The van der Waals surface area contributed by atoms with Gasteiger partial charge in [0.2, 0.25) is 10.0 Å². The topological polar surface area (TPSA) is 67.4 Å². The molecule has 0 fully saturated rings. The maximum atomic E-state index is 12.2. The lowest BCUT2D eigenvalue weighted by Crippen LogP contribution is -2.26. The highest BCUT2D eigenvalue weighted by Crippen LogP contribution is 2.21. The molecule has 1 rings (SSSR count). The van der Waals surface area contributed by atoms with Gasteiger partial charge in [0.25, 0.3) is 0 Å². The number of nitrogens with one attached hydrogen (secondary N) is 2. The summed E-state index contributed by atoms with van der Waals surface area (Å²) < 4.78 is 32.4. The number of rotatable bonds is 10. The van der Waals surface area contributed by atoms with Gasteiger partial charge in [-0.3, -0.25) is 0 Å². The number of thiophene rings is 1. The van der Waals surface area contributed by atoms with Crippen molar-refractivity contribution in [3.63, 3.8) is 0 Å². The normalized spacial score (nSPS) is 12.2. The van der Waals surface area contributed by atoms with Gasteiger partial charge in [-0.25, -0.2) is 13.1 Å². The molecule has 5 nitrogen and oxygen atoms in total. The largest absolute Gasteiger partial charge is 0.381 e. The minimum Gasteiger partial charge on any atom is -0.381 e. The highest BCUT2D eigenvalue weighted by Gasteiger charge is 2.18. The highest BCUT2D eigenvalue weighted by molar-refractivity contribution is 7.89. The third-order valence-electron chi connectivity index (χ3n) is 2.54. The van der Waals surface area contributed by atoms with Crippen molar-refractivity contribution in [2.45, 2.75) is 31.7 Å². The molecule has 0 spiro atoms. The van der Waals surface area contributed by atoms with Gasteiger partial charge in [0.05, 0.1) is 4.90 Å². The van der Waals surface area contributed by atoms with E-state index < -0.39 is 10.0 Å². The smallest absolute Gasteiger partial charge is 0.241 e. The maximum absolute atomic E-state index is 12.2. The standard InChI is InChI=1S/C13H24N2O3S2/c1-11(2)10-18-7-4-6-15-20(16,17)13-5-8-19-12(13)9-14-3/h5,8,11,14-15H,4,6-7,9-10H2,1-3H3. The van der Waals surface area contributed by atoms with Gasteiger partial charge >= 0.3 is 0 Å². The van der Waals surface area contributed by atoms with Gasteiger partial charge in [-0.05, 0) is 30.8 Å². The Balaban J connectivity index is 2.40. The second-order valence-corrected chi connectivity index (χ2v) is 7.69. The van der Waals surface area contributed by atoms with E-state index in [0.29, 0.717) is 43.5 Å². The van der Waals surface area contributed by atoms with E-state index in [1.54, 1.807) is 18.5 Å². The van der Waals surface area contributed by atoms with Crippen LogP contribution in [-0.2, 0) is 21.3 Å². The van der Waals surface area contributed by atoms with E-state index in [-0.39, 0.29) is 0 Å². The summed E-state index contributed by atoms with van der Waals surface area (Å²) in [5.41, 5.74) is 0. The van der Waals surface area contributed by atoms with Crippen LogP contribution in [0.4, 0.5) is 0 Å². The molecule has 0 aliphatic carbocycles. The Labute approximate surface area is 125 Å². The summed E-state index contributed by atoms with van der Waals surface area (Å²) in [6, 6.07) is 1.65. The van der Waals surface area contributed by atoms with E-state index >= 15 is 0 Å². The molecular formula is C13H24N2O3S2. The molecule has 1 heterocycles. The first-order valence-electron chi connectivity index (χ1n) is 6.75. The Hall–Kier alpha value is -0.470. The lowest BCUT2D eigenvalue weighted by molar-refractivity contribution is 0.108. The summed E-state index contributed by atoms with van der Waals surface area (Å²) >= 11 is 1.45. The van der Waals surface area contributed by atoms with Gasteiger partial charge in [-0.2, -0.15) is 0 Å². The predicted molar refractivity (Wildman–Crippen MR) is 82.5 cm³/mol. The number of hydrogen-bond donors (Lipinski definition) is 2.